The van der Waals surface area contributed by atoms with Gasteiger partial charge >= 0.3 is 0 Å². The predicted molar refractivity (Wildman–Crippen MR) is 75.1 cm³/mol. The fraction of sp³-hybridized carbons (Fsp3) is 0.235. The Morgan fingerprint density at radius 1 is 0.882 bits per heavy atom. The van der Waals surface area contributed by atoms with E-state index in [1.165, 1.54) is 27.8 Å². The molecular formula is C17H19. The summed E-state index contributed by atoms with van der Waals surface area (Å²) in [5.74, 6) is 0. The molecule has 2 rings (SSSR count). The third kappa shape index (κ3) is 2.26. The zero-order valence-corrected chi connectivity index (χ0v) is 10.7. The Balaban J connectivity index is 2.59. The summed E-state index contributed by atoms with van der Waals surface area (Å²) in [6.07, 6.45) is 2.10. The molecule has 87 valence electrons. The van der Waals surface area contributed by atoms with E-state index in [1.54, 1.807) is 0 Å². The first-order valence-corrected chi connectivity index (χ1v) is 6.30. The van der Waals surface area contributed by atoms with Crippen LogP contribution in [0, 0.1) is 6.92 Å². The summed E-state index contributed by atoms with van der Waals surface area (Å²) in [5.41, 5.74) is 6.58. The van der Waals surface area contributed by atoms with Gasteiger partial charge in [0.25, 0.3) is 0 Å². The van der Waals surface area contributed by atoms with Crippen LogP contribution < -0.4 is 0 Å². The predicted octanol–water partition coefficient (Wildman–Crippen LogP) is 4.66. The van der Waals surface area contributed by atoms with E-state index in [2.05, 4.69) is 63.2 Å². The van der Waals surface area contributed by atoms with Crippen LogP contribution in [0.1, 0.15) is 30.5 Å². The minimum atomic E-state index is 1.04. The lowest BCUT2D eigenvalue weighted by molar-refractivity contribution is 1.07. The number of benzene rings is 2. The molecule has 0 fully saturated rings. The molecule has 1 radical (unpaired) electrons. The van der Waals surface area contributed by atoms with Crippen LogP contribution in [0.15, 0.2) is 42.5 Å². The van der Waals surface area contributed by atoms with Crippen LogP contribution in [-0.4, -0.2) is 0 Å². The van der Waals surface area contributed by atoms with Crippen LogP contribution in [0.4, 0.5) is 0 Å². The summed E-state index contributed by atoms with van der Waals surface area (Å²) < 4.78 is 0. The molecule has 0 heteroatoms. The second-order valence-electron chi connectivity index (χ2n) is 4.30. The molecule has 0 bridgehead atoms. The molecular weight excluding hydrogens is 204 g/mol. The van der Waals surface area contributed by atoms with Gasteiger partial charge in [0.15, 0.2) is 0 Å². The number of hydrogen-bond donors (Lipinski definition) is 0. The number of hydrogen-bond acceptors (Lipinski definition) is 0. The molecule has 0 heterocycles. The monoisotopic (exact) mass is 223 g/mol. The SMILES string of the molecule is [CH2]c1c(CC)ccc(-c2ccccc2)c1CC. The smallest absolute Gasteiger partial charge is 0.0149 e. The molecule has 0 saturated carbocycles. The van der Waals surface area contributed by atoms with Crippen LogP contribution in [-0.2, 0) is 12.8 Å². The van der Waals surface area contributed by atoms with Gasteiger partial charge in [-0.25, -0.2) is 0 Å². The van der Waals surface area contributed by atoms with E-state index in [0.29, 0.717) is 0 Å². The molecule has 0 atom stereocenters. The molecule has 0 saturated heterocycles. The van der Waals surface area contributed by atoms with Crippen LogP contribution in [0.25, 0.3) is 11.1 Å². The highest BCUT2D eigenvalue weighted by Gasteiger charge is 2.08. The topological polar surface area (TPSA) is 0 Å². The van der Waals surface area contributed by atoms with Gasteiger partial charge in [-0.3, -0.25) is 0 Å². The van der Waals surface area contributed by atoms with Crippen molar-refractivity contribution >= 4 is 0 Å². The highest BCUT2D eigenvalue weighted by Crippen LogP contribution is 2.28. The molecule has 0 N–H and O–H groups in total. The summed E-state index contributed by atoms with van der Waals surface area (Å²) in [5, 5.41) is 0. The fourth-order valence-corrected chi connectivity index (χ4v) is 2.36. The minimum Gasteiger partial charge on any atom is -0.0622 e. The number of aryl methyl sites for hydroxylation is 1. The molecule has 0 aromatic heterocycles. The first kappa shape index (κ1) is 11.9. The summed E-state index contributed by atoms with van der Waals surface area (Å²) in [4.78, 5) is 0. The maximum absolute atomic E-state index is 4.25. The van der Waals surface area contributed by atoms with Gasteiger partial charge < -0.3 is 0 Å². The standard InChI is InChI=1S/C17H19/c1-4-14-11-12-17(16(5-2)13(14)3)15-9-7-6-8-10-15/h6-12H,3-5H2,1-2H3. The van der Waals surface area contributed by atoms with Gasteiger partial charge in [0.1, 0.15) is 0 Å². The van der Waals surface area contributed by atoms with Crippen LogP contribution in [0.3, 0.4) is 0 Å². The van der Waals surface area contributed by atoms with Gasteiger partial charge in [-0.2, -0.15) is 0 Å². The van der Waals surface area contributed by atoms with E-state index in [4.69, 9.17) is 0 Å². The van der Waals surface area contributed by atoms with Crippen LogP contribution >= 0.6 is 0 Å². The lowest BCUT2D eigenvalue weighted by Crippen LogP contribution is -1.96. The molecule has 0 amide bonds. The molecule has 0 unspecified atom stereocenters. The molecule has 0 aliphatic rings. The average molecular weight is 223 g/mol. The van der Waals surface area contributed by atoms with Crippen molar-refractivity contribution in [1.82, 2.24) is 0 Å². The fourth-order valence-electron chi connectivity index (χ4n) is 2.36. The van der Waals surface area contributed by atoms with E-state index in [0.717, 1.165) is 12.8 Å². The molecule has 0 nitrogen and oxygen atoms in total. The molecule has 0 spiro atoms. The summed E-state index contributed by atoms with van der Waals surface area (Å²) in [6.45, 7) is 8.64. The minimum absolute atomic E-state index is 1.04. The molecule has 0 aliphatic carbocycles. The van der Waals surface area contributed by atoms with E-state index in [1.807, 2.05) is 0 Å². The Morgan fingerprint density at radius 2 is 1.59 bits per heavy atom. The lowest BCUT2D eigenvalue weighted by Gasteiger charge is -2.14. The Bertz CT molecular complexity index is 495. The Labute approximate surface area is 104 Å². The quantitative estimate of drug-likeness (QED) is 0.710. The normalized spacial score (nSPS) is 10.5. The van der Waals surface area contributed by atoms with Crippen molar-refractivity contribution in [2.75, 3.05) is 0 Å². The van der Waals surface area contributed by atoms with Crippen molar-refractivity contribution in [1.29, 1.82) is 0 Å². The van der Waals surface area contributed by atoms with Crippen molar-refractivity contribution < 1.29 is 0 Å². The molecule has 0 aliphatic heterocycles. The van der Waals surface area contributed by atoms with Crippen molar-refractivity contribution in [2.24, 2.45) is 0 Å². The average Bonchev–Trinajstić information content (AvgIpc) is 2.39. The van der Waals surface area contributed by atoms with Gasteiger partial charge in [-0.1, -0.05) is 56.3 Å². The zero-order valence-electron chi connectivity index (χ0n) is 10.7. The van der Waals surface area contributed by atoms with Crippen molar-refractivity contribution in [3.63, 3.8) is 0 Å². The summed E-state index contributed by atoms with van der Waals surface area (Å²) in [7, 11) is 0. The first-order chi connectivity index (χ1) is 8.27. The third-order valence-corrected chi connectivity index (χ3v) is 3.35. The van der Waals surface area contributed by atoms with Crippen molar-refractivity contribution in [2.45, 2.75) is 26.7 Å². The van der Waals surface area contributed by atoms with Crippen molar-refractivity contribution in [3.8, 4) is 11.1 Å². The van der Waals surface area contributed by atoms with E-state index in [-0.39, 0.29) is 0 Å². The second kappa shape index (κ2) is 5.18. The van der Waals surface area contributed by atoms with Gasteiger partial charge in [-0.15, -0.1) is 0 Å². The molecule has 2 aromatic carbocycles. The van der Waals surface area contributed by atoms with Gasteiger partial charge in [0.05, 0.1) is 0 Å². The van der Waals surface area contributed by atoms with Crippen LogP contribution in [0.2, 0.25) is 0 Å². The van der Waals surface area contributed by atoms with E-state index in [9.17, 15) is 0 Å². The summed E-state index contributed by atoms with van der Waals surface area (Å²) in [6, 6.07) is 15.0. The number of rotatable bonds is 3. The lowest BCUT2D eigenvalue weighted by atomic mass is 9.90. The van der Waals surface area contributed by atoms with Gasteiger partial charge in [-0.05, 0) is 47.6 Å². The van der Waals surface area contributed by atoms with E-state index < -0.39 is 0 Å². The third-order valence-electron chi connectivity index (χ3n) is 3.35. The Morgan fingerprint density at radius 3 is 2.18 bits per heavy atom. The van der Waals surface area contributed by atoms with E-state index >= 15 is 0 Å². The maximum Gasteiger partial charge on any atom is -0.0149 e. The zero-order chi connectivity index (χ0) is 12.3. The molecule has 2 aromatic rings. The van der Waals surface area contributed by atoms with Gasteiger partial charge in [0, 0.05) is 0 Å². The Hall–Kier alpha value is -1.56. The van der Waals surface area contributed by atoms with Crippen molar-refractivity contribution in [3.05, 3.63) is 66.1 Å². The second-order valence-corrected chi connectivity index (χ2v) is 4.30. The summed E-state index contributed by atoms with van der Waals surface area (Å²) >= 11 is 0. The van der Waals surface area contributed by atoms with Crippen LogP contribution in [0.5, 0.6) is 0 Å². The van der Waals surface area contributed by atoms with Gasteiger partial charge in [0.2, 0.25) is 0 Å². The first-order valence-electron chi connectivity index (χ1n) is 6.30. The maximum atomic E-state index is 4.25. The Kier molecular flexibility index (Phi) is 3.63. The highest BCUT2D eigenvalue weighted by atomic mass is 14.1. The molecule has 17 heavy (non-hydrogen) atoms. The largest absolute Gasteiger partial charge is 0.0622 e. The highest BCUT2D eigenvalue weighted by molar-refractivity contribution is 5.70.